The van der Waals surface area contributed by atoms with Gasteiger partial charge in [-0.1, -0.05) is 12.1 Å². The maximum Gasteiger partial charge on any atom is 0.258 e. The molecule has 2 fully saturated rings. The summed E-state index contributed by atoms with van der Waals surface area (Å²) in [6, 6.07) is 7.67. The number of para-hydroxylation sites is 1. The molecule has 8 heteroatoms. The van der Waals surface area contributed by atoms with Crippen molar-refractivity contribution in [2.45, 2.75) is 31.5 Å². The lowest BCUT2D eigenvalue weighted by Gasteiger charge is -2.38. The third-order valence-electron chi connectivity index (χ3n) is 5.60. The summed E-state index contributed by atoms with van der Waals surface area (Å²) < 4.78 is 5.78. The van der Waals surface area contributed by atoms with Crippen molar-refractivity contribution in [3.8, 4) is 0 Å². The first kappa shape index (κ1) is 19.0. The first-order valence-electron chi connectivity index (χ1n) is 9.92. The molecule has 8 nitrogen and oxygen atoms in total. The first-order chi connectivity index (χ1) is 13.6. The Balaban J connectivity index is 1.43. The molecule has 0 aliphatic carbocycles. The number of carbonyl (C=O) groups excluding carboxylic acids is 1. The SMILES string of the molecule is CNC1CCCN(C(=O)C2CN(Cc3nc4ccccc4c(=O)[nH]3)CCO2)C1. The Morgan fingerprint density at radius 2 is 2.18 bits per heavy atom. The standard InChI is InChI=1S/C20H27N5O3/c1-21-14-5-4-8-25(11-14)20(27)17-12-24(9-10-28-17)13-18-22-16-7-3-2-6-15(16)19(26)23-18/h2-3,6-7,14,17,21H,4-5,8-13H2,1H3,(H,22,23,26). The maximum absolute atomic E-state index is 12.9. The largest absolute Gasteiger partial charge is 0.366 e. The van der Waals surface area contributed by atoms with Crippen LogP contribution in [0.2, 0.25) is 0 Å². The molecule has 2 aliphatic heterocycles. The lowest BCUT2D eigenvalue weighted by molar-refractivity contribution is -0.151. The fraction of sp³-hybridized carbons (Fsp3) is 0.550. The van der Waals surface area contributed by atoms with Crippen molar-refractivity contribution in [1.29, 1.82) is 0 Å². The minimum Gasteiger partial charge on any atom is -0.366 e. The van der Waals surface area contributed by atoms with Crippen LogP contribution in [0.5, 0.6) is 0 Å². The molecule has 2 aliphatic rings. The van der Waals surface area contributed by atoms with Crippen LogP contribution in [-0.4, -0.2) is 77.7 Å². The normalized spacial score (nSPS) is 23.8. The summed E-state index contributed by atoms with van der Waals surface area (Å²) in [6.45, 7) is 3.73. The Morgan fingerprint density at radius 1 is 1.32 bits per heavy atom. The number of morpholine rings is 1. The molecule has 1 amide bonds. The van der Waals surface area contributed by atoms with Crippen LogP contribution in [0.15, 0.2) is 29.1 Å². The van der Waals surface area contributed by atoms with Crippen LogP contribution in [0.25, 0.3) is 10.9 Å². The number of piperidine rings is 1. The first-order valence-corrected chi connectivity index (χ1v) is 9.92. The molecule has 4 rings (SSSR count). The van der Waals surface area contributed by atoms with Gasteiger partial charge in [-0.05, 0) is 32.0 Å². The summed E-state index contributed by atoms with van der Waals surface area (Å²) in [7, 11) is 1.94. The summed E-state index contributed by atoms with van der Waals surface area (Å²) in [5.74, 6) is 0.676. The second-order valence-corrected chi connectivity index (χ2v) is 7.54. The van der Waals surface area contributed by atoms with Crippen LogP contribution >= 0.6 is 0 Å². The molecule has 2 saturated heterocycles. The fourth-order valence-corrected chi connectivity index (χ4v) is 4.03. The van der Waals surface area contributed by atoms with Crippen LogP contribution in [-0.2, 0) is 16.1 Å². The molecule has 1 aromatic carbocycles. The summed E-state index contributed by atoms with van der Waals surface area (Å²) >= 11 is 0. The van der Waals surface area contributed by atoms with Crippen LogP contribution < -0.4 is 10.9 Å². The number of carbonyl (C=O) groups is 1. The molecule has 0 radical (unpaired) electrons. The lowest BCUT2D eigenvalue weighted by Crippen LogP contribution is -2.54. The van der Waals surface area contributed by atoms with E-state index in [2.05, 4.69) is 20.2 Å². The summed E-state index contributed by atoms with van der Waals surface area (Å²) in [5, 5.41) is 3.85. The van der Waals surface area contributed by atoms with E-state index >= 15 is 0 Å². The number of likely N-dealkylation sites (N-methyl/N-ethyl adjacent to an activating group) is 1. The highest BCUT2D eigenvalue weighted by molar-refractivity contribution is 5.81. The van der Waals surface area contributed by atoms with Crippen LogP contribution in [0.3, 0.4) is 0 Å². The van der Waals surface area contributed by atoms with E-state index in [1.165, 1.54) is 0 Å². The highest BCUT2D eigenvalue weighted by Gasteiger charge is 2.32. The molecule has 28 heavy (non-hydrogen) atoms. The zero-order chi connectivity index (χ0) is 19.5. The number of nitrogens with zero attached hydrogens (tertiary/aromatic N) is 3. The lowest BCUT2D eigenvalue weighted by atomic mass is 10.0. The van der Waals surface area contributed by atoms with E-state index < -0.39 is 6.10 Å². The van der Waals surface area contributed by atoms with Gasteiger partial charge in [0.1, 0.15) is 11.9 Å². The predicted molar refractivity (Wildman–Crippen MR) is 106 cm³/mol. The molecule has 3 heterocycles. The smallest absolute Gasteiger partial charge is 0.258 e. The average molecular weight is 385 g/mol. The van der Waals surface area contributed by atoms with Crippen LogP contribution in [0, 0.1) is 0 Å². The minimum atomic E-state index is -0.462. The number of nitrogens with one attached hydrogen (secondary N) is 2. The summed E-state index contributed by atoms with van der Waals surface area (Å²) in [4.78, 5) is 36.7. The van der Waals surface area contributed by atoms with Gasteiger partial charge in [0.25, 0.3) is 11.5 Å². The van der Waals surface area contributed by atoms with Gasteiger partial charge in [-0.3, -0.25) is 14.5 Å². The molecule has 0 saturated carbocycles. The highest BCUT2D eigenvalue weighted by Crippen LogP contribution is 2.16. The number of aromatic nitrogens is 2. The fourth-order valence-electron chi connectivity index (χ4n) is 4.03. The minimum absolute atomic E-state index is 0.0598. The number of fused-ring (bicyclic) bond motifs is 1. The van der Waals surface area contributed by atoms with Crippen molar-refractivity contribution in [3.05, 3.63) is 40.4 Å². The maximum atomic E-state index is 12.9. The quantitative estimate of drug-likeness (QED) is 0.789. The Labute approximate surface area is 163 Å². The van der Waals surface area contributed by atoms with Gasteiger partial charge in [-0.25, -0.2) is 4.98 Å². The number of likely N-dealkylation sites (tertiary alicyclic amines) is 1. The van der Waals surface area contributed by atoms with Gasteiger partial charge >= 0.3 is 0 Å². The molecular weight excluding hydrogens is 358 g/mol. The number of aromatic amines is 1. The topological polar surface area (TPSA) is 90.6 Å². The number of hydrogen-bond acceptors (Lipinski definition) is 6. The van der Waals surface area contributed by atoms with Crippen molar-refractivity contribution in [2.75, 3.05) is 39.8 Å². The zero-order valence-corrected chi connectivity index (χ0v) is 16.2. The van der Waals surface area contributed by atoms with Crippen molar-refractivity contribution in [1.82, 2.24) is 25.1 Å². The Bertz CT molecular complexity index is 899. The van der Waals surface area contributed by atoms with Gasteiger partial charge in [0, 0.05) is 32.2 Å². The summed E-state index contributed by atoms with van der Waals surface area (Å²) in [5.41, 5.74) is 0.557. The van der Waals surface area contributed by atoms with Crippen LogP contribution in [0.4, 0.5) is 0 Å². The van der Waals surface area contributed by atoms with Gasteiger partial charge in [-0.2, -0.15) is 0 Å². The second-order valence-electron chi connectivity index (χ2n) is 7.54. The highest BCUT2D eigenvalue weighted by atomic mass is 16.5. The van der Waals surface area contributed by atoms with E-state index in [0.717, 1.165) is 25.9 Å². The molecule has 1 aromatic heterocycles. The Kier molecular flexibility index (Phi) is 5.70. The van der Waals surface area contributed by atoms with Gasteiger partial charge in [-0.15, -0.1) is 0 Å². The van der Waals surface area contributed by atoms with Crippen molar-refractivity contribution < 1.29 is 9.53 Å². The van der Waals surface area contributed by atoms with Gasteiger partial charge < -0.3 is 19.9 Å². The Hall–Kier alpha value is -2.29. The number of amides is 1. The molecule has 150 valence electrons. The molecule has 2 aromatic rings. The zero-order valence-electron chi connectivity index (χ0n) is 16.2. The van der Waals surface area contributed by atoms with Crippen molar-refractivity contribution in [3.63, 3.8) is 0 Å². The van der Waals surface area contributed by atoms with Crippen molar-refractivity contribution >= 4 is 16.8 Å². The van der Waals surface area contributed by atoms with Crippen LogP contribution in [0.1, 0.15) is 18.7 Å². The molecule has 2 atom stereocenters. The molecule has 0 bridgehead atoms. The van der Waals surface area contributed by atoms with E-state index in [1.807, 2.05) is 30.1 Å². The van der Waals surface area contributed by atoms with E-state index in [1.54, 1.807) is 6.07 Å². The average Bonchev–Trinajstić information content (AvgIpc) is 2.73. The number of rotatable bonds is 4. The van der Waals surface area contributed by atoms with E-state index in [9.17, 15) is 9.59 Å². The Morgan fingerprint density at radius 3 is 3.04 bits per heavy atom. The number of ether oxygens (including phenoxy) is 1. The van der Waals surface area contributed by atoms with E-state index in [4.69, 9.17) is 4.74 Å². The van der Waals surface area contributed by atoms with Crippen molar-refractivity contribution in [2.24, 2.45) is 0 Å². The van der Waals surface area contributed by atoms with Gasteiger partial charge in [0.2, 0.25) is 0 Å². The second kappa shape index (κ2) is 8.38. The third kappa shape index (κ3) is 4.09. The van der Waals surface area contributed by atoms with Gasteiger partial charge in [0.05, 0.1) is 24.1 Å². The summed E-state index contributed by atoms with van der Waals surface area (Å²) in [6.07, 6.45) is 1.64. The number of hydrogen-bond donors (Lipinski definition) is 2. The molecule has 2 unspecified atom stereocenters. The number of H-pyrrole nitrogens is 1. The molecule has 2 N–H and O–H groups in total. The van der Waals surface area contributed by atoms with E-state index in [0.29, 0.717) is 49.0 Å². The third-order valence-corrected chi connectivity index (χ3v) is 5.60. The number of benzene rings is 1. The van der Waals surface area contributed by atoms with E-state index in [-0.39, 0.29) is 11.5 Å². The molecule has 0 spiro atoms. The monoisotopic (exact) mass is 385 g/mol. The predicted octanol–water partition coefficient (Wildman–Crippen LogP) is 0.334. The molecular formula is C20H27N5O3. The van der Waals surface area contributed by atoms with Gasteiger partial charge in [0.15, 0.2) is 0 Å².